The fraction of sp³-hybridized carbons (Fsp3) is 0.357. The molecule has 6 heteroatoms. The molecule has 0 aliphatic carbocycles. The Morgan fingerprint density at radius 2 is 2.00 bits per heavy atom. The first-order chi connectivity index (χ1) is 9.51. The monoisotopic (exact) mass is 275 g/mol. The van der Waals surface area contributed by atoms with E-state index in [1.54, 1.807) is 6.07 Å². The molecule has 3 amide bonds. The van der Waals surface area contributed by atoms with Crippen LogP contribution in [-0.4, -0.2) is 23.8 Å². The van der Waals surface area contributed by atoms with Crippen molar-refractivity contribution in [3.8, 4) is 0 Å². The average Bonchev–Trinajstić information content (AvgIpc) is 2.64. The number of carbonyl (C=O) groups is 3. The van der Waals surface area contributed by atoms with Gasteiger partial charge in [-0.05, 0) is 24.6 Å². The molecule has 0 saturated carbocycles. The molecule has 6 nitrogen and oxygen atoms in total. The van der Waals surface area contributed by atoms with Crippen LogP contribution in [0.5, 0.6) is 0 Å². The third-order valence-electron chi connectivity index (χ3n) is 3.13. The molecule has 1 aliphatic rings. The minimum atomic E-state index is -0.441. The predicted molar refractivity (Wildman–Crippen MR) is 74.4 cm³/mol. The lowest BCUT2D eigenvalue weighted by molar-refractivity contribution is -0.116. The van der Waals surface area contributed by atoms with E-state index in [0.717, 1.165) is 12.8 Å². The Morgan fingerprint density at radius 1 is 1.30 bits per heavy atom. The number of benzene rings is 1. The molecule has 1 aromatic rings. The molecule has 1 unspecified atom stereocenters. The number of amides is 3. The predicted octanol–water partition coefficient (Wildman–Crippen LogP) is 1.03. The first kappa shape index (κ1) is 14.2. The van der Waals surface area contributed by atoms with E-state index in [2.05, 4.69) is 10.6 Å². The van der Waals surface area contributed by atoms with Crippen LogP contribution >= 0.6 is 0 Å². The SMILES string of the molecule is CCCC(N)CC(=O)Nc1ccc2c(c1)C(=O)NC2=O. The molecule has 0 fully saturated rings. The van der Waals surface area contributed by atoms with Gasteiger partial charge in [0, 0.05) is 18.2 Å². The molecule has 1 heterocycles. The van der Waals surface area contributed by atoms with Crippen molar-refractivity contribution in [1.29, 1.82) is 0 Å². The molecule has 0 saturated heterocycles. The van der Waals surface area contributed by atoms with Gasteiger partial charge in [0.15, 0.2) is 0 Å². The molecule has 0 aromatic heterocycles. The quantitative estimate of drug-likeness (QED) is 0.698. The summed E-state index contributed by atoms with van der Waals surface area (Å²) in [6.07, 6.45) is 1.94. The third-order valence-corrected chi connectivity index (χ3v) is 3.13. The topological polar surface area (TPSA) is 101 Å². The van der Waals surface area contributed by atoms with Gasteiger partial charge in [0.25, 0.3) is 11.8 Å². The number of nitrogens with one attached hydrogen (secondary N) is 2. The maximum absolute atomic E-state index is 11.8. The van der Waals surface area contributed by atoms with E-state index in [1.165, 1.54) is 12.1 Å². The number of anilines is 1. The summed E-state index contributed by atoms with van der Waals surface area (Å²) in [6.45, 7) is 2.01. The first-order valence-electron chi connectivity index (χ1n) is 6.56. The van der Waals surface area contributed by atoms with E-state index < -0.39 is 11.8 Å². The Morgan fingerprint density at radius 3 is 2.70 bits per heavy atom. The Balaban J connectivity index is 2.04. The van der Waals surface area contributed by atoms with Gasteiger partial charge in [-0.1, -0.05) is 13.3 Å². The summed E-state index contributed by atoms with van der Waals surface area (Å²) in [7, 11) is 0. The minimum Gasteiger partial charge on any atom is -0.327 e. The van der Waals surface area contributed by atoms with Gasteiger partial charge in [-0.25, -0.2) is 0 Å². The van der Waals surface area contributed by atoms with Crippen molar-refractivity contribution in [3.63, 3.8) is 0 Å². The van der Waals surface area contributed by atoms with E-state index in [4.69, 9.17) is 5.73 Å². The Hall–Kier alpha value is -2.21. The lowest BCUT2D eigenvalue weighted by Gasteiger charge is -2.10. The van der Waals surface area contributed by atoms with Gasteiger partial charge < -0.3 is 11.1 Å². The lowest BCUT2D eigenvalue weighted by atomic mass is 10.1. The highest BCUT2D eigenvalue weighted by molar-refractivity contribution is 6.22. The maximum Gasteiger partial charge on any atom is 0.259 e. The second kappa shape index (κ2) is 5.83. The number of fused-ring (bicyclic) bond motifs is 1. The third kappa shape index (κ3) is 3.03. The maximum atomic E-state index is 11.8. The summed E-state index contributed by atoms with van der Waals surface area (Å²) in [6, 6.07) is 4.45. The Kier molecular flexibility index (Phi) is 4.14. The van der Waals surface area contributed by atoms with Crippen LogP contribution in [0.25, 0.3) is 0 Å². The van der Waals surface area contributed by atoms with Gasteiger partial charge in [0.1, 0.15) is 0 Å². The molecule has 0 radical (unpaired) electrons. The zero-order valence-corrected chi connectivity index (χ0v) is 11.2. The van der Waals surface area contributed by atoms with Crippen molar-refractivity contribution >= 4 is 23.4 Å². The Bertz CT molecular complexity index is 569. The molecule has 4 N–H and O–H groups in total. The summed E-state index contributed by atoms with van der Waals surface area (Å²) < 4.78 is 0. The van der Waals surface area contributed by atoms with Crippen molar-refractivity contribution in [3.05, 3.63) is 29.3 Å². The van der Waals surface area contributed by atoms with E-state index in [0.29, 0.717) is 11.3 Å². The summed E-state index contributed by atoms with van der Waals surface area (Å²) in [5, 5.41) is 4.89. The fourth-order valence-electron chi connectivity index (χ4n) is 2.17. The summed E-state index contributed by atoms with van der Waals surface area (Å²) in [4.78, 5) is 34.7. The number of rotatable bonds is 5. The largest absolute Gasteiger partial charge is 0.327 e. The summed E-state index contributed by atoms with van der Waals surface area (Å²) >= 11 is 0. The van der Waals surface area contributed by atoms with Crippen LogP contribution in [0.3, 0.4) is 0 Å². The van der Waals surface area contributed by atoms with Gasteiger partial charge in [-0.3, -0.25) is 19.7 Å². The standard InChI is InChI=1S/C14H17N3O3/c1-2-3-8(15)6-12(18)16-9-4-5-10-11(7-9)14(20)17-13(10)19/h4-5,7-8H,2-3,6,15H2,1H3,(H,16,18)(H,17,19,20). The number of hydrogen-bond acceptors (Lipinski definition) is 4. The van der Waals surface area contributed by atoms with E-state index in [-0.39, 0.29) is 23.9 Å². The van der Waals surface area contributed by atoms with Crippen LogP contribution in [-0.2, 0) is 4.79 Å². The highest BCUT2D eigenvalue weighted by atomic mass is 16.2. The molecule has 20 heavy (non-hydrogen) atoms. The molecule has 1 atom stereocenters. The van der Waals surface area contributed by atoms with Crippen molar-refractivity contribution in [2.45, 2.75) is 32.2 Å². The number of nitrogens with two attached hydrogens (primary N) is 1. The first-order valence-corrected chi connectivity index (χ1v) is 6.56. The van der Waals surface area contributed by atoms with Gasteiger partial charge >= 0.3 is 0 Å². The number of imide groups is 1. The van der Waals surface area contributed by atoms with Gasteiger partial charge in [0.2, 0.25) is 5.91 Å². The summed E-state index contributed by atoms with van der Waals surface area (Å²) in [5.41, 5.74) is 6.90. The minimum absolute atomic E-state index is 0.167. The van der Waals surface area contributed by atoms with Crippen molar-refractivity contribution in [2.75, 3.05) is 5.32 Å². The normalized spacial score (nSPS) is 14.7. The zero-order valence-electron chi connectivity index (χ0n) is 11.2. The highest BCUT2D eigenvalue weighted by Gasteiger charge is 2.26. The average molecular weight is 275 g/mol. The van der Waals surface area contributed by atoms with E-state index in [9.17, 15) is 14.4 Å². The molecule has 1 aliphatic heterocycles. The van der Waals surface area contributed by atoms with Crippen LogP contribution in [0.4, 0.5) is 5.69 Å². The smallest absolute Gasteiger partial charge is 0.259 e. The van der Waals surface area contributed by atoms with Gasteiger partial charge in [0.05, 0.1) is 11.1 Å². The second-order valence-electron chi connectivity index (χ2n) is 4.84. The molecule has 0 spiro atoms. The molecular weight excluding hydrogens is 258 g/mol. The molecule has 0 bridgehead atoms. The van der Waals surface area contributed by atoms with Gasteiger partial charge in [-0.2, -0.15) is 0 Å². The van der Waals surface area contributed by atoms with Crippen LogP contribution in [0.2, 0.25) is 0 Å². The summed E-state index contributed by atoms with van der Waals surface area (Å²) in [5.74, 6) is -1.05. The zero-order chi connectivity index (χ0) is 14.7. The fourth-order valence-corrected chi connectivity index (χ4v) is 2.17. The van der Waals surface area contributed by atoms with Crippen LogP contribution < -0.4 is 16.4 Å². The van der Waals surface area contributed by atoms with Crippen molar-refractivity contribution in [1.82, 2.24) is 5.32 Å². The number of carbonyl (C=O) groups excluding carboxylic acids is 3. The van der Waals surface area contributed by atoms with E-state index >= 15 is 0 Å². The second-order valence-corrected chi connectivity index (χ2v) is 4.84. The molecule has 2 rings (SSSR count). The van der Waals surface area contributed by atoms with Crippen LogP contribution in [0, 0.1) is 0 Å². The van der Waals surface area contributed by atoms with Crippen molar-refractivity contribution in [2.24, 2.45) is 5.73 Å². The number of hydrogen-bond donors (Lipinski definition) is 3. The molecule has 1 aromatic carbocycles. The van der Waals surface area contributed by atoms with Gasteiger partial charge in [-0.15, -0.1) is 0 Å². The molecule has 106 valence electrons. The van der Waals surface area contributed by atoms with Crippen molar-refractivity contribution < 1.29 is 14.4 Å². The van der Waals surface area contributed by atoms with Crippen LogP contribution in [0.15, 0.2) is 18.2 Å². The Labute approximate surface area is 116 Å². The van der Waals surface area contributed by atoms with E-state index in [1.807, 2.05) is 6.92 Å². The van der Waals surface area contributed by atoms with Crippen LogP contribution in [0.1, 0.15) is 46.9 Å². The lowest BCUT2D eigenvalue weighted by Crippen LogP contribution is -2.26. The molecular formula is C14H17N3O3. The highest BCUT2D eigenvalue weighted by Crippen LogP contribution is 2.20.